The fourth-order valence-corrected chi connectivity index (χ4v) is 4.64. The number of carbonyl (C=O) groups is 3. The first-order valence-electron chi connectivity index (χ1n) is 10.2. The van der Waals surface area contributed by atoms with E-state index in [-0.39, 0.29) is 28.7 Å². The highest BCUT2D eigenvalue weighted by molar-refractivity contribution is 6.42. The van der Waals surface area contributed by atoms with Crippen LogP contribution in [-0.2, 0) is 16.1 Å². The second-order valence-electron chi connectivity index (χ2n) is 8.06. The number of halogens is 2. The van der Waals surface area contributed by atoms with Gasteiger partial charge in [0.25, 0.3) is 23.4 Å². The van der Waals surface area contributed by atoms with Gasteiger partial charge in [0.05, 0.1) is 33.3 Å². The number of nitro groups is 1. The number of non-ortho nitro benzene ring substituents is 1. The first-order chi connectivity index (χ1) is 15.7. The van der Waals surface area contributed by atoms with E-state index in [0.717, 1.165) is 16.1 Å². The highest BCUT2D eigenvalue weighted by Gasteiger charge is 2.53. The number of fused-ring (bicyclic) bond motifs is 1. The Morgan fingerprint density at radius 1 is 1.15 bits per heavy atom. The average molecular weight is 488 g/mol. The number of rotatable bonds is 5. The molecule has 33 heavy (non-hydrogen) atoms. The highest BCUT2D eigenvalue weighted by atomic mass is 35.5. The van der Waals surface area contributed by atoms with Crippen LogP contribution in [0.3, 0.4) is 0 Å². The van der Waals surface area contributed by atoms with Crippen LogP contribution in [0.15, 0.2) is 54.6 Å². The number of carbonyl (C=O) groups excluding carboxylic acids is 3. The van der Waals surface area contributed by atoms with Gasteiger partial charge in [0.1, 0.15) is 0 Å². The smallest absolute Gasteiger partial charge is 0.272 e. The van der Waals surface area contributed by atoms with Gasteiger partial charge < -0.3 is 0 Å². The lowest BCUT2D eigenvalue weighted by atomic mass is 9.78. The molecule has 1 aliphatic heterocycles. The maximum absolute atomic E-state index is 13.5. The lowest BCUT2D eigenvalue weighted by Gasteiger charge is -2.31. The predicted octanol–water partition coefficient (Wildman–Crippen LogP) is 4.66. The summed E-state index contributed by atoms with van der Waals surface area (Å²) in [7, 11) is 0. The zero-order valence-electron chi connectivity index (χ0n) is 17.5. The Labute approximate surface area is 199 Å². The SMILES string of the molecule is C[C@@H]1C=CC[C@@H]2C(=O)N(N(Cc3ccc(Cl)c(Cl)c3)C(=O)c3cccc([N+](=O)[O-])c3)C(=O)[C@H]12. The summed E-state index contributed by atoms with van der Waals surface area (Å²) >= 11 is 12.1. The first-order valence-corrected chi connectivity index (χ1v) is 11.0. The number of benzene rings is 2. The Morgan fingerprint density at radius 3 is 2.58 bits per heavy atom. The van der Waals surface area contributed by atoms with E-state index in [0.29, 0.717) is 17.0 Å². The molecule has 0 aromatic heterocycles. The van der Waals surface area contributed by atoms with Crippen LogP contribution in [-0.4, -0.2) is 32.7 Å². The quantitative estimate of drug-likeness (QED) is 0.264. The monoisotopic (exact) mass is 487 g/mol. The van der Waals surface area contributed by atoms with Gasteiger partial charge in [0.2, 0.25) is 0 Å². The third kappa shape index (κ3) is 4.24. The second kappa shape index (κ2) is 8.96. The summed E-state index contributed by atoms with van der Waals surface area (Å²) in [6.07, 6.45) is 4.16. The summed E-state index contributed by atoms with van der Waals surface area (Å²) in [5.41, 5.74) is 0.233. The summed E-state index contributed by atoms with van der Waals surface area (Å²) in [5, 5.41) is 13.7. The molecule has 1 saturated heterocycles. The fraction of sp³-hybridized carbons (Fsp3) is 0.261. The number of amides is 3. The standard InChI is InChI=1S/C23H19Cl2N3O5/c1-13-4-2-7-17-20(13)23(31)27(22(17)30)26(12-14-8-9-18(24)19(25)10-14)21(29)15-5-3-6-16(11-15)28(32)33/h2-6,8-11,13,17,20H,7,12H2,1H3/t13-,17+,20-/m1/s1. The normalized spacial score (nSPS) is 21.8. The average Bonchev–Trinajstić information content (AvgIpc) is 3.05. The van der Waals surface area contributed by atoms with Crippen molar-refractivity contribution in [2.75, 3.05) is 0 Å². The lowest BCUT2D eigenvalue weighted by Crippen LogP contribution is -2.50. The van der Waals surface area contributed by atoms with Crippen molar-refractivity contribution < 1.29 is 19.3 Å². The number of hydrazine groups is 1. The number of allylic oxidation sites excluding steroid dienone is 2. The number of hydrogen-bond acceptors (Lipinski definition) is 5. The van der Waals surface area contributed by atoms with Crippen LogP contribution < -0.4 is 0 Å². The van der Waals surface area contributed by atoms with E-state index in [2.05, 4.69) is 0 Å². The Bertz CT molecular complexity index is 1200. The predicted molar refractivity (Wildman–Crippen MR) is 121 cm³/mol. The summed E-state index contributed by atoms with van der Waals surface area (Å²) in [6, 6.07) is 9.88. The van der Waals surface area contributed by atoms with Gasteiger partial charge in [-0.25, -0.2) is 5.01 Å². The summed E-state index contributed by atoms with van der Waals surface area (Å²) < 4.78 is 0. The van der Waals surface area contributed by atoms with Gasteiger partial charge in [-0.05, 0) is 36.1 Å². The molecular formula is C23H19Cl2N3O5. The number of hydrogen-bond donors (Lipinski definition) is 0. The minimum Gasteiger partial charge on any atom is -0.272 e. The van der Waals surface area contributed by atoms with Crippen LogP contribution in [0.1, 0.15) is 29.3 Å². The Kier molecular flexibility index (Phi) is 6.23. The van der Waals surface area contributed by atoms with Crippen LogP contribution in [0.5, 0.6) is 0 Å². The molecule has 1 fully saturated rings. The van der Waals surface area contributed by atoms with Gasteiger partial charge in [-0.1, -0.05) is 54.4 Å². The van der Waals surface area contributed by atoms with E-state index in [1.165, 1.54) is 18.2 Å². The van der Waals surface area contributed by atoms with E-state index in [4.69, 9.17) is 23.2 Å². The molecule has 2 aromatic rings. The molecule has 0 radical (unpaired) electrons. The summed E-state index contributed by atoms with van der Waals surface area (Å²) in [6.45, 7) is 1.70. The molecule has 1 heterocycles. The minimum atomic E-state index is -0.717. The van der Waals surface area contributed by atoms with E-state index < -0.39 is 34.5 Å². The van der Waals surface area contributed by atoms with Crippen molar-refractivity contribution in [3.05, 3.63) is 85.9 Å². The lowest BCUT2D eigenvalue weighted by molar-refractivity contribution is -0.384. The van der Waals surface area contributed by atoms with Crippen LogP contribution >= 0.6 is 23.2 Å². The number of nitrogens with zero attached hydrogens (tertiary/aromatic N) is 3. The molecule has 0 spiro atoms. The van der Waals surface area contributed by atoms with Crippen molar-refractivity contribution in [3.63, 3.8) is 0 Å². The Morgan fingerprint density at radius 2 is 1.91 bits per heavy atom. The van der Waals surface area contributed by atoms with Gasteiger partial charge in [-0.3, -0.25) is 24.5 Å². The van der Waals surface area contributed by atoms with Crippen molar-refractivity contribution in [2.45, 2.75) is 19.9 Å². The van der Waals surface area contributed by atoms with Gasteiger partial charge in [-0.2, -0.15) is 5.01 Å². The van der Waals surface area contributed by atoms with Crippen molar-refractivity contribution in [2.24, 2.45) is 17.8 Å². The maximum Gasteiger partial charge on any atom is 0.273 e. The molecule has 170 valence electrons. The van der Waals surface area contributed by atoms with Gasteiger partial charge in [-0.15, -0.1) is 0 Å². The van der Waals surface area contributed by atoms with E-state index >= 15 is 0 Å². The van der Waals surface area contributed by atoms with Gasteiger partial charge >= 0.3 is 0 Å². The van der Waals surface area contributed by atoms with Crippen LogP contribution in [0, 0.1) is 27.9 Å². The first kappa shape index (κ1) is 22.9. The third-order valence-corrected chi connectivity index (χ3v) is 6.68. The Hall–Kier alpha value is -3.23. The zero-order valence-corrected chi connectivity index (χ0v) is 19.0. The van der Waals surface area contributed by atoms with Crippen molar-refractivity contribution in [3.8, 4) is 0 Å². The molecule has 1 aliphatic carbocycles. The molecule has 3 atom stereocenters. The van der Waals surface area contributed by atoms with Crippen molar-refractivity contribution in [1.29, 1.82) is 0 Å². The fourth-order valence-electron chi connectivity index (χ4n) is 4.31. The zero-order chi connectivity index (χ0) is 23.9. The van der Waals surface area contributed by atoms with Crippen molar-refractivity contribution >= 4 is 46.6 Å². The van der Waals surface area contributed by atoms with Gasteiger partial charge in [0.15, 0.2) is 0 Å². The molecule has 3 amide bonds. The van der Waals surface area contributed by atoms with Crippen LogP contribution in [0.25, 0.3) is 0 Å². The Balaban J connectivity index is 1.76. The minimum absolute atomic E-state index is 0.0223. The molecule has 0 bridgehead atoms. The molecule has 8 nitrogen and oxygen atoms in total. The summed E-state index contributed by atoms with van der Waals surface area (Å²) in [5.74, 6) is -2.96. The molecule has 0 saturated carbocycles. The topological polar surface area (TPSA) is 101 Å². The number of imide groups is 1. The molecule has 0 unspecified atom stereocenters. The van der Waals surface area contributed by atoms with E-state index in [9.17, 15) is 24.5 Å². The van der Waals surface area contributed by atoms with Gasteiger partial charge in [0, 0.05) is 17.7 Å². The number of nitro benzene ring substituents is 1. The maximum atomic E-state index is 13.5. The molecule has 0 N–H and O–H groups in total. The molecule has 10 heteroatoms. The molecule has 4 rings (SSSR count). The third-order valence-electron chi connectivity index (χ3n) is 5.95. The highest BCUT2D eigenvalue weighted by Crippen LogP contribution is 2.40. The second-order valence-corrected chi connectivity index (χ2v) is 8.88. The molecular weight excluding hydrogens is 469 g/mol. The molecule has 2 aromatic carbocycles. The van der Waals surface area contributed by atoms with E-state index in [1.54, 1.807) is 18.2 Å². The summed E-state index contributed by atoms with van der Waals surface area (Å²) in [4.78, 5) is 50.7. The van der Waals surface area contributed by atoms with Crippen LogP contribution in [0.4, 0.5) is 5.69 Å². The van der Waals surface area contributed by atoms with Crippen LogP contribution in [0.2, 0.25) is 10.0 Å². The largest absolute Gasteiger partial charge is 0.273 e. The molecule has 2 aliphatic rings. The van der Waals surface area contributed by atoms with E-state index in [1.807, 2.05) is 19.1 Å². The van der Waals surface area contributed by atoms with Crippen molar-refractivity contribution in [1.82, 2.24) is 10.0 Å².